The molecule has 2 N–H and O–H groups in total. The number of rotatable bonds is 6. The van der Waals surface area contributed by atoms with E-state index in [0.717, 1.165) is 11.8 Å². The van der Waals surface area contributed by atoms with E-state index in [0.29, 0.717) is 34.8 Å². The van der Waals surface area contributed by atoms with Crippen molar-refractivity contribution in [2.75, 3.05) is 18.4 Å². The molecular weight excluding hydrogens is 354 g/mol. The van der Waals surface area contributed by atoms with Gasteiger partial charge in [0.2, 0.25) is 10.0 Å². The van der Waals surface area contributed by atoms with Gasteiger partial charge < -0.3 is 10.6 Å². The lowest BCUT2D eigenvalue weighted by molar-refractivity contribution is 0.392. The molecule has 138 valence electrons. The van der Waals surface area contributed by atoms with Crippen LogP contribution in [0.4, 0.5) is 5.69 Å². The van der Waals surface area contributed by atoms with Gasteiger partial charge in [-0.3, -0.25) is 0 Å². The van der Waals surface area contributed by atoms with E-state index >= 15 is 0 Å². The monoisotopic (exact) mass is 381 g/mol. The minimum atomic E-state index is -3.46. The van der Waals surface area contributed by atoms with E-state index in [-0.39, 0.29) is 0 Å². The van der Waals surface area contributed by atoms with Gasteiger partial charge in [-0.2, -0.15) is 4.31 Å². The number of fused-ring (bicyclic) bond motifs is 2. The Morgan fingerprint density at radius 3 is 2.60 bits per heavy atom. The fourth-order valence-electron chi connectivity index (χ4n) is 4.20. The molecule has 0 aliphatic heterocycles. The molecule has 0 saturated heterocycles. The first-order valence-electron chi connectivity index (χ1n) is 9.11. The van der Waals surface area contributed by atoms with Crippen LogP contribution in [-0.2, 0) is 10.0 Å². The highest BCUT2D eigenvalue weighted by Gasteiger charge is 2.39. The largest absolute Gasteiger partial charge is 0.359 e. The van der Waals surface area contributed by atoms with Gasteiger partial charge >= 0.3 is 0 Å². The molecule has 25 heavy (non-hydrogen) atoms. The van der Waals surface area contributed by atoms with Crippen LogP contribution < -0.4 is 10.6 Å². The molecule has 0 unspecified atom stereocenters. The summed E-state index contributed by atoms with van der Waals surface area (Å²) < 4.78 is 26.8. The van der Waals surface area contributed by atoms with Crippen LogP contribution in [0.1, 0.15) is 39.5 Å². The van der Waals surface area contributed by atoms with Gasteiger partial charge in [0, 0.05) is 24.8 Å². The number of hydrogen-bond donors (Lipinski definition) is 2. The minimum Gasteiger partial charge on any atom is -0.359 e. The predicted octanol–water partition coefficient (Wildman–Crippen LogP) is 3.19. The van der Waals surface area contributed by atoms with Crippen LogP contribution in [-0.4, -0.2) is 37.0 Å². The summed E-state index contributed by atoms with van der Waals surface area (Å²) >= 11 is 5.44. The third-order valence-electron chi connectivity index (χ3n) is 5.49. The third-order valence-corrected chi connectivity index (χ3v) is 7.76. The molecule has 5 nitrogen and oxygen atoms in total. The molecule has 3 rings (SSSR count). The van der Waals surface area contributed by atoms with Crippen LogP contribution in [0.5, 0.6) is 0 Å². The maximum absolute atomic E-state index is 12.6. The van der Waals surface area contributed by atoms with Crippen LogP contribution in [0.15, 0.2) is 29.2 Å². The van der Waals surface area contributed by atoms with E-state index in [2.05, 4.69) is 10.6 Å². The summed E-state index contributed by atoms with van der Waals surface area (Å²) in [5.41, 5.74) is 0.703. The van der Waals surface area contributed by atoms with Gasteiger partial charge in [0.05, 0.1) is 4.90 Å². The molecule has 1 aromatic rings. The zero-order valence-corrected chi connectivity index (χ0v) is 16.5. The number of benzene rings is 1. The van der Waals surface area contributed by atoms with Gasteiger partial charge in [-0.25, -0.2) is 8.42 Å². The molecule has 2 aliphatic carbocycles. The first-order chi connectivity index (χ1) is 11.9. The fraction of sp³-hybridized carbons (Fsp3) is 0.611. The maximum Gasteiger partial charge on any atom is 0.243 e. The van der Waals surface area contributed by atoms with Crippen LogP contribution in [0.2, 0.25) is 0 Å². The summed E-state index contributed by atoms with van der Waals surface area (Å²) in [6.07, 6.45) is 5.16. The fourth-order valence-corrected chi connectivity index (χ4v) is 5.98. The van der Waals surface area contributed by atoms with E-state index < -0.39 is 10.0 Å². The van der Waals surface area contributed by atoms with Crippen LogP contribution in [0.3, 0.4) is 0 Å². The van der Waals surface area contributed by atoms with E-state index in [1.807, 2.05) is 19.9 Å². The Morgan fingerprint density at radius 2 is 2.00 bits per heavy atom. The Kier molecular flexibility index (Phi) is 5.65. The Bertz CT molecular complexity index is 732. The summed E-state index contributed by atoms with van der Waals surface area (Å²) in [5, 5.41) is 7.15. The van der Waals surface area contributed by atoms with E-state index in [9.17, 15) is 8.42 Å². The zero-order chi connectivity index (χ0) is 18.0. The van der Waals surface area contributed by atoms with Crippen molar-refractivity contribution in [2.24, 2.45) is 11.8 Å². The third kappa shape index (κ3) is 3.99. The van der Waals surface area contributed by atoms with Crippen LogP contribution >= 0.6 is 12.2 Å². The number of thiocarbonyl (C=S) groups is 1. The van der Waals surface area contributed by atoms with Crippen molar-refractivity contribution < 1.29 is 8.42 Å². The second-order valence-electron chi connectivity index (χ2n) is 7.00. The van der Waals surface area contributed by atoms with Crippen LogP contribution in [0, 0.1) is 11.8 Å². The quantitative estimate of drug-likeness (QED) is 0.741. The average Bonchev–Trinajstić information content (AvgIpc) is 3.18. The summed E-state index contributed by atoms with van der Waals surface area (Å²) in [6, 6.07) is 7.34. The topological polar surface area (TPSA) is 61.4 Å². The summed E-state index contributed by atoms with van der Waals surface area (Å²) in [5.74, 6) is 1.59. The molecule has 2 saturated carbocycles. The number of nitrogens with one attached hydrogen (secondary N) is 2. The van der Waals surface area contributed by atoms with Gasteiger partial charge in [0.25, 0.3) is 0 Å². The Balaban J connectivity index is 1.66. The molecule has 2 aliphatic rings. The smallest absolute Gasteiger partial charge is 0.243 e. The van der Waals surface area contributed by atoms with Crippen molar-refractivity contribution in [2.45, 2.75) is 50.5 Å². The summed E-state index contributed by atoms with van der Waals surface area (Å²) in [4.78, 5) is 0.295. The predicted molar refractivity (Wildman–Crippen MR) is 105 cm³/mol. The molecule has 2 fully saturated rings. The van der Waals surface area contributed by atoms with Gasteiger partial charge in [-0.1, -0.05) is 26.3 Å². The molecule has 0 aromatic heterocycles. The highest BCUT2D eigenvalue weighted by molar-refractivity contribution is 7.89. The number of hydrogen-bond acceptors (Lipinski definition) is 3. The average molecular weight is 382 g/mol. The standard InChI is InChI=1S/C18H27N3O2S2/c1-3-21(4-2)25(22,23)16-7-5-6-15(12-16)19-18(24)20-17-11-13-8-9-14(17)10-13/h5-7,12-14,17H,3-4,8-11H2,1-2H3,(H2,19,20,24)/t13-,14-,17-/m1/s1. The van der Waals surface area contributed by atoms with E-state index in [1.165, 1.54) is 30.0 Å². The van der Waals surface area contributed by atoms with E-state index in [1.54, 1.807) is 18.2 Å². The molecular formula is C18H27N3O2S2. The molecule has 0 spiro atoms. The van der Waals surface area contributed by atoms with Crippen molar-refractivity contribution in [1.82, 2.24) is 9.62 Å². The maximum atomic E-state index is 12.6. The molecule has 3 atom stereocenters. The summed E-state index contributed by atoms with van der Waals surface area (Å²) in [6.45, 7) is 4.61. The lowest BCUT2D eigenvalue weighted by atomic mass is 9.96. The lowest BCUT2D eigenvalue weighted by Crippen LogP contribution is -2.40. The lowest BCUT2D eigenvalue weighted by Gasteiger charge is -2.24. The number of anilines is 1. The Morgan fingerprint density at radius 1 is 1.24 bits per heavy atom. The van der Waals surface area contributed by atoms with Crippen molar-refractivity contribution in [1.29, 1.82) is 0 Å². The SMILES string of the molecule is CCN(CC)S(=O)(=O)c1cccc(NC(=S)N[C@@H]2C[C@@H]3CC[C@@H]2C3)c1. The Labute approximate surface area is 156 Å². The van der Waals surface area contributed by atoms with Crippen molar-refractivity contribution in [3.8, 4) is 0 Å². The molecule has 1 aromatic carbocycles. The first kappa shape index (κ1) is 18.6. The second kappa shape index (κ2) is 7.60. The molecule has 0 heterocycles. The Hall–Kier alpha value is -1.18. The molecule has 7 heteroatoms. The van der Waals surface area contributed by atoms with Crippen molar-refractivity contribution >= 4 is 33.0 Å². The van der Waals surface area contributed by atoms with Crippen molar-refractivity contribution in [3.63, 3.8) is 0 Å². The molecule has 0 radical (unpaired) electrons. The highest BCUT2D eigenvalue weighted by atomic mass is 32.2. The first-order valence-corrected chi connectivity index (χ1v) is 11.0. The number of sulfonamides is 1. The van der Waals surface area contributed by atoms with Gasteiger partial charge in [-0.05, 0) is 61.5 Å². The van der Waals surface area contributed by atoms with Gasteiger partial charge in [-0.15, -0.1) is 0 Å². The van der Waals surface area contributed by atoms with Gasteiger partial charge in [0.15, 0.2) is 5.11 Å². The van der Waals surface area contributed by atoms with Crippen LogP contribution in [0.25, 0.3) is 0 Å². The molecule has 0 amide bonds. The van der Waals surface area contributed by atoms with E-state index in [4.69, 9.17) is 12.2 Å². The normalized spacial score (nSPS) is 25.3. The zero-order valence-electron chi connectivity index (χ0n) is 14.9. The van der Waals surface area contributed by atoms with Gasteiger partial charge in [0.1, 0.15) is 0 Å². The van der Waals surface area contributed by atoms with Crippen molar-refractivity contribution in [3.05, 3.63) is 24.3 Å². The number of nitrogens with zero attached hydrogens (tertiary/aromatic N) is 1. The summed E-state index contributed by atoms with van der Waals surface area (Å²) in [7, 11) is -3.46. The minimum absolute atomic E-state index is 0.295. The highest BCUT2D eigenvalue weighted by Crippen LogP contribution is 2.44. The molecule has 2 bridgehead atoms. The second-order valence-corrected chi connectivity index (χ2v) is 9.34.